The molecule has 1 aromatic rings. The number of halogens is 1. The normalized spacial score (nSPS) is 11.2. The summed E-state index contributed by atoms with van der Waals surface area (Å²) in [4.78, 5) is 0.821. The highest BCUT2D eigenvalue weighted by Gasteiger charge is 2.08. The minimum atomic E-state index is -0.0834. The lowest BCUT2D eigenvalue weighted by Crippen LogP contribution is -2.19. The molecule has 3 heteroatoms. The first kappa shape index (κ1) is 15.5. The molecule has 0 fully saturated rings. The highest BCUT2D eigenvalue weighted by molar-refractivity contribution is 7.99. The molecule has 102 valence electrons. The van der Waals surface area contributed by atoms with Gasteiger partial charge >= 0.3 is 0 Å². The lowest BCUT2D eigenvalue weighted by molar-refractivity contribution is 0.543. The molecular formula is C15H24FNS. The van der Waals surface area contributed by atoms with Crippen molar-refractivity contribution in [2.45, 2.75) is 45.1 Å². The number of nitrogens with one attached hydrogen (secondary N) is 1. The predicted octanol–water partition coefficient (Wildman–Crippen LogP) is 4.46. The summed E-state index contributed by atoms with van der Waals surface area (Å²) in [6, 6.07) is 5.37. The second kappa shape index (κ2) is 8.54. The van der Waals surface area contributed by atoms with E-state index in [9.17, 15) is 4.39 Å². The van der Waals surface area contributed by atoms with E-state index in [2.05, 4.69) is 26.1 Å². The molecule has 0 heterocycles. The zero-order valence-electron chi connectivity index (χ0n) is 11.6. The maximum atomic E-state index is 13.8. The summed E-state index contributed by atoms with van der Waals surface area (Å²) in [6.07, 6.45) is 2.29. The molecule has 0 aliphatic carbocycles. The van der Waals surface area contributed by atoms with Crippen LogP contribution in [0.5, 0.6) is 0 Å². The molecule has 0 saturated heterocycles. The second-order valence-corrected chi connectivity index (χ2v) is 6.06. The topological polar surface area (TPSA) is 12.0 Å². The van der Waals surface area contributed by atoms with Crippen LogP contribution in [0.15, 0.2) is 23.1 Å². The molecule has 0 bridgehead atoms. The molecule has 0 saturated carbocycles. The highest BCUT2D eigenvalue weighted by atomic mass is 32.2. The van der Waals surface area contributed by atoms with Crippen LogP contribution < -0.4 is 5.32 Å². The van der Waals surface area contributed by atoms with Crippen molar-refractivity contribution in [3.05, 3.63) is 29.6 Å². The van der Waals surface area contributed by atoms with Crippen molar-refractivity contribution in [1.82, 2.24) is 5.32 Å². The SMILES string of the molecule is CCCCSc1c(F)cccc1CNCC(C)C. The maximum Gasteiger partial charge on any atom is 0.137 e. The molecule has 0 amide bonds. The van der Waals surface area contributed by atoms with Crippen molar-refractivity contribution in [3.8, 4) is 0 Å². The van der Waals surface area contributed by atoms with Crippen LogP contribution in [-0.2, 0) is 6.54 Å². The quantitative estimate of drug-likeness (QED) is 0.552. The van der Waals surface area contributed by atoms with E-state index in [-0.39, 0.29) is 5.82 Å². The maximum absolute atomic E-state index is 13.8. The fraction of sp³-hybridized carbons (Fsp3) is 0.600. The summed E-state index contributed by atoms with van der Waals surface area (Å²) < 4.78 is 13.8. The molecule has 0 radical (unpaired) electrons. The molecule has 18 heavy (non-hydrogen) atoms. The van der Waals surface area contributed by atoms with Gasteiger partial charge in [0.15, 0.2) is 0 Å². The largest absolute Gasteiger partial charge is 0.312 e. The molecule has 0 atom stereocenters. The van der Waals surface area contributed by atoms with Crippen molar-refractivity contribution >= 4 is 11.8 Å². The highest BCUT2D eigenvalue weighted by Crippen LogP contribution is 2.27. The molecule has 1 nitrogen and oxygen atoms in total. The van der Waals surface area contributed by atoms with Gasteiger partial charge in [0.05, 0.1) is 0 Å². The Morgan fingerprint density at radius 1 is 1.33 bits per heavy atom. The van der Waals surface area contributed by atoms with Gasteiger partial charge in [-0.15, -0.1) is 11.8 Å². The Hall–Kier alpha value is -0.540. The van der Waals surface area contributed by atoms with Gasteiger partial charge in [0.25, 0.3) is 0 Å². The van der Waals surface area contributed by atoms with Gasteiger partial charge < -0.3 is 5.32 Å². The molecule has 0 aliphatic rings. The molecular weight excluding hydrogens is 245 g/mol. The van der Waals surface area contributed by atoms with E-state index in [4.69, 9.17) is 0 Å². The first-order valence-electron chi connectivity index (χ1n) is 6.76. The minimum Gasteiger partial charge on any atom is -0.312 e. The fourth-order valence-electron chi connectivity index (χ4n) is 1.67. The van der Waals surface area contributed by atoms with Crippen LogP contribution in [0.1, 0.15) is 39.2 Å². The van der Waals surface area contributed by atoms with Gasteiger partial charge in [-0.1, -0.05) is 39.3 Å². The monoisotopic (exact) mass is 269 g/mol. The van der Waals surface area contributed by atoms with E-state index in [1.54, 1.807) is 23.9 Å². The summed E-state index contributed by atoms with van der Waals surface area (Å²) in [5, 5.41) is 3.38. The molecule has 1 aromatic carbocycles. The Bertz CT molecular complexity index is 352. The number of hydrogen-bond donors (Lipinski definition) is 1. The molecule has 0 unspecified atom stereocenters. The summed E-state index contributed by atoms with van der Waals surface area (Å²) in [6.45, 7) is 8.23. The van der Waals surface area contributed by atoms with Crippen molar-refractivity contribution in [1.29, 1.82) is 0 Å². The third-order valence-corrected chi connectivity index (χ3v) is 3.90. The van der Waals surface area contributed by atoms with Gasteiger partial charge in [-0.05, 0) is 36.3 Å². The van der Waals surface area contributed by atoms with Crippen LogP contribution in [-0.4, -0.2) is 12.3 Å². The third kappa shape index (κ3) is 5.40. The van der Waals surface area contributed by atoms with Gasteiger partial charge in [0.1, 0.15) is 5.82 Å². The van der Waals surface area contributed by atoms with Crippen molar-refractivity contribution < 1.29 is 4.39 Å². The van der Waals surface area contributed by atoms with E-state index >= 15 is 0 Å². The van der Waals surface area contributed by atoms with E-state index in [0.29, 0.717) is 5.92 Å². The van der Waals surface area contributed by atoms with Crippen molar-refractivity contribution in [2.24, 2.45) is 5.92 Å². The summed E-state index contributed by atoms with van der Waals surface area (Å²) >= 11 is 1.64. The van der Waals surface area contributed by atoms with Crippen LogP contribution in [0.25, 0.3) is 0 Å². The number of benzene rings is 1. The third-order valence-electron chi connectivity index (χ3n) is 2.66. The zero-order chi connectivity index (χ0) is 13.4. The van der Waals surface area contributed by atoms with Gasteiger partial charge in [0, 0.05) is 11.4 Å². The average molecular weight is 269 g/mol. The Kier molecular flexibility index (Phi) is 7.36. The fourth-order valence-corrected chi connectivity index (χ4v) is 2.84. The van der Waals surface area contributed by atoms with Crippen LogP contribution in [0.3, 0.4) is 0 Å². The predicted molar refractivity (Wildman–Crippen MR) is 78.6 cm³/mol. The first-order valence-corrected chi connectivity index (χ1v) is 7.74. The van der Waals surface area contributed by atoms with Crippen LogP contribution in [0, 0.1) is 11.7 Å². The summed E-state index contributed by atoms with van der Waals surface area (Å²) in [7, 11) is 0. The molecule has 1 rings (SSSR count). The van der Waals surface area contributed by atoms with Crippen LogP contribution in [0.4, 0.5) is 4.39 Å². The number of hydrogen-bond acceptors (Lipinski definition) is 2. The summed E-state index contributed by atoms with van der Waals surface area (Å²) in [5.74, 6) is 1.53. The Balaban J connectivity index is 2.61. The number of thioether (sulfide) groups is 1. The second-order valence-electron chi connectivity index (χ2n) is 4.95. The molecule has 0 spiro atoms. The van der Waals surface area contributed by atoms with Crippen molar-refractivity contribution in [2.75, 3.05) is 12.3 Å². The Morgan fingerprint density at radius 2 is 2.11 bits per heavy atom. The first-order chi connectivity index (χ1) is 8.65. The average Bonchev–Trinajstić information content (AvgIpc) is 2.32. The minimum absolute atomic E-state index is 0.0834. The van der Waals surface area contributed by atoms with Crippen molar-refractivity contribution in [3.63, 3.8) is 0 Å². The van der Waals surface area contributed by atoms with E-state index in [1.165, 1.54) is 0 Å². The lowest BCUT2D eigenvalue weighted by Gasteiger charge is -2.12. The van der Waals surface area contributed by atoms with Crippen LogP contribution >= 0.6 is 11.8 Å². The molecule has 0 aliphatic heterocycles. The lowest BCUT2D eigenvalue weighted by atomic mass is 10.2. The van der Waals surface area contributed by atoms with E-state index in [1.807, 2.05) is 6.07 Å². The van der Waals surface area contributed by atoms with Gasteiger partial charge in [0.2, 0.25) is 0 Å². The standard InChI is InChI=1S/C15H24FNS/c1-4-5-9-18-15-13(7-6-8-14(15)16)11-17-10-12(2)3/h6-8,12,17H,4-5,9-11H2,1-3H3. The van der Waals surface area contributed by atoms with Gasteiger partial charge in [-0.3, -0.25) is 0 Å². The number of unbranched alkanes of at least 4 members (excludes halogenated alkanes) is 1. The van der Waals surface area contributed by atoms with Gasteiger partial charge in [-0.2, -0.15) is 0 Å². The smallest absolute Gasteiger partial charge is 0.137 e. The van der Waals surface area contributed by atoms with Crippen LogP contribution in [0.2, 0.25) is 0 Å². The van der Waals surface area contributed by atoms with E-state index < -0.39 is 0 Å². The number of rotatable bonds is 8. The zero-order valence-corrected chi connectivity index (χ0v) is 12.4. The van der Waals surface area contributed by atoms with Gasteiger partial charge in [-0.25, -0.2) is 4.39 Å². The summed E-state index contributed by atoms with van der Waals surface area (Å²) in [5.41, 5.74) is 1.08. The molecule has 1 N–H and O–H groups in total. The Morgan fingerprint density at radius 3 is 2.78 bits per heavy atom. The Labute approximate surface area is 115 Å². The van der Waals surface area contributed by atoms with E-state index in [0.717, 1.165) is 42.1 Å². The molecule has 0 aromatic heterocycles.